The maximum atomic E-state index is 13.9. The highest BCUT2D eigenvalue weighted by Crippen LogP contribution is 2.21. The molecule has 1 fully saturated rings. The molecule has 0 aromatic heterocycles. The van der Waals surface area contributed by atoms with Crippen LogP contribution in [-0.2, 0) is 10.5 Å². The molecule has 0 N–H and O–H groups in total. The first-order chi connectivity index (χ1) is 12.7. The maximum Gasteiger partial charge on any atom is 0.232 e. The second-order valence-corrected chi connectivity index (χ2v) is 7.15. The summed E-state index contributed by atoms with van der Waals surface area (Å²) >= 11 is 1.62. The summed E-state index contributed by atoms with van der Waals surface area (Å²) in [5.41, 5.74) is 1.79. The molecule has 2 aromatic carbocycles. The Morgan fingerprint density at radius 1 is 1.08 bits per heavy atom. The van der Waals surface area contributed by atoms with E-state index in [2.05, 4.69) is 0 Å². The number of halogens is 1. The highest BCUT2D eigenvalue weighted by atomic mass is 32.2. The number of piperazine rings is 1. The van der Waals surface area contributed by atoms with Crippen LogP contribution in [0.25, 0.3) is 0 Å². The molecule has 138 valence electrons. The molecule has 0 atom stereocenters. The largest absolute Gasteiger partial charge is 0.497 e. The van der Waals surface area contributed by atoms with Crippen LogP contribution in [0.2, 0.25) is 0 Å². The molecular formula is C20H23FN2O2S. The van der Waals surface area contributed by atoms with Gasteiger partial charge in [0.25, 0.3) is 0 Å². The molecule has 0 spiro atoms. The van der Waals surface area contributed by atoms with Crippen molar-refractivity contribution in [2.45, 2.75) is 5.75 Å². The number of thioether (sulfide) groups is 1. The molecule has 1 heterocycles. The maximum absolute atomic E-state index is 13.9. The number of anilines is 1. The number of para-hydroxylation sites is 1. The number of carbonyl (C=O) groups excluding carboxylic acids is 1. The van der Waals surface area contributed by atoms with Gasteiger partial charge in [0, 0.05) is 31.9 Å². The standard InChI is InChI=1S/C20H23FN2O2S/c1-25-17-8-6-16(7-9-17)14-26-15-20(24)23-12-10-22(11-13-23)19-5-3-2-4-18(19)21/h2-9H,10-15H2,1H3. The van der Waals surface area contributed by atoms with E-state index in [1.165, 1.54) is 11.6 Å². The molecule has 4 nitrogen and oxygen atoms in total. The summed E-state index contributed by atoms with van der Waals surface area (Å²) in [7, 11) is 1.65. The molecule has 1 amide bonds. The zero-order valence-corrected chi connectivity index (χ0v) is 15.7. The van der Waals surface area contributed by atoms with Crippen LogP contribution >= 0.6 is 11.8 Å². The molecule has 1 aliphatic rings. The average molecular weight is 374 g/mol. The lowest BCUT2D eigenvalue weighted by Crippen LogP contribution is -2.49. The zero-order valence-electron chi connectivity index (χ0n) is 14.9. The van der Waals surface area contributed by atoms with Gasteiger partial charge in [-0.3, -0.25) is 4.79 Å². The number of carbonyl (C=O) groups is 1. The van der Waals surface area contributed by atoms with Gasteiger partial charge in [-0.1, -0.05) is 24.3 Å². The van der Waals surface area contributed by atoms with Gasteiger partial charge in [-0.2, -0.15) is 0 Å². The number of benzene rings is 2. The van der Waals surface area contributed by atoms with Crippen molar-refractivity contribution in [3.8, 4) is 5.75 Å². The summed E-state index contributed by atoms with van der Waals surface area (Å²) in [6, 6.07) is 14.7. The van der Waals surface area contributed by atoms with Crippen LogP contribution in [0.4, 0.5) is 10.1 Å². The molecule has 0 unspecified atom stereocenters. The summed E-state index contributed by atoms with van der Waals surface area (Å²) < 4.78 is 19.0. The molecule has 6 heteroatoms. The van der Waals surface area contributed by atoms with Gasteiger partial charge in [0.1, 0.15) is 11.6 Å². The predicted molar refractivity (Wildman–Crippen MR) is 104 cm³/mol. The predicted octanol–water partition coefficient (Wildman–Crippen LogP) is 3.42. The Hall–Kier alpha value is -2.21. The van der Waals surface area contributed by atoms with E-state index in [0.717, 1.165) is 11.5 Å². The number of methoxy groups -OCH3 is 1. The lowest BCUT2D eigenvalue weighted by molar-refractivity contribution is -0.128. The Labute approximate surface area is 157 Å². The van der Waals surface area contributed by atoms with Gasteiger partial charge in [0.05, 0.1) is 18.6 Å². The van der Waals surface area contributed by atoms with Crippen molar-refractivity contribution >= 4 is 23.4 Å². The first-order valence-electron chi connectivity index (χ1n) is 8.65. The van der Waals surface area contributed by atoms with Gasteiger partial charge in [0.2, 0.25) is 5.91 Å². The van der Waals surface area contributed by atoms with E-state index in [4.69, 9.17) is 4.74 Å². The molecule has 1 saturated heterocycles. The first-order valence-corrected chi connectivity index (χ1v) is 9.81. The van der Waals surface area contributed by atoms with E-state index in [9.17, 15) is 9.18 Å². The van der Waals surface area contributed by atoms with Crippen LogP contribution in [0.5, 0.6) is 5.75 Å². The number of hydrogen-bond acceptors (Lipinski definition) is 4. The number of hydrogen-bond donors (Lipinski definition) is 0. The third kappa shape index (κ3) is 4.69. The summed E-state index contributed by atoms with van der Waals surface area (Å²) in [6.45, 7) is 2.60. The summed E-state index contributed by atoms with van der Waals surface area (Å²) in [4.78, 5) is 16.3. The summed E-state index contributed by atoms with van der Waals surface area (Å²) in [5, 5.41) is 0. The minimum atomic E-state index is -0.206. The number of nitrogens with zero attached hydrogens (tertiary/aromatic N) is 2. The Kier molecular flexibility index (Phi) is 6.39. The van der Waals surface area contributed by atoms with Crippen LogP contribution in [0, 0.1) is 5.82 Å². The second kappa shape index (κ2) is 8.94. The van der Waals surface area contributed by atoms with Crippen molar-refractivity contribution < 1.29 is 13.9 Å². The van der Waals surface area contributed by atoms with Crippen LogP contribution in [0.15, 0.2) is 48.5 Å². The van der Waals surface area contributed by atoms with Crippen molar-refractivity contribution in [2.24, 2.45) is 0 Å². The third-order valence-electron chi connectivity index (χ3n) is 4.48. The highest BCUT2D eigenvalue weighted by Gasteiger charge is 2.22. The normalized spacial score (nSPS) is 14.4. The minimum Gasteiger partial charge on any atom is -0.497 e. The second-order valence-electron chi connectivity index (χ2n) is 6.16. The fraction of sp³-hybridized carbons (Fsp3) is 0.350. The number of rotatable bonds is 6. The smallest absolute Gasteiger partial charge is 0.232 e. The average Bonchev–Trinajstić information content (AvgIpc) is 2.69. The van der Waals surface area contributed by atoms with Crippen LogP contribution < -0.4 is 9.64 Å². The van der Waals surface area contributed by atoms with Crippen molar-refractivity contribution in [3.63, 3.8) is 0 Å². The topological polar surface area (TPSA) is 32.8 Å². The molecule has 0 radical (unpaired) electrons. The van der Waals surface area contributed by atoms with Crippen molar-refractivity contribution in [1.29, 1.82) is 0 Å². The van der Waals surface area contributed by atoms with Crippen LogP contribution in [0.3, 0.4) is 0 Å². The minimum absolute atomic E-state index is 0.150. The van der Waals surface area contributed by atoms with Crippen LogP contribution in [0.1, 0.15) is 5.56 Å². The van der Waals surface area contributed by atoms with E-state index in [1.54, 1.807) is 31.0 Å². The van der Waals surface area contributed by atoms with Crippen molar-refractivity contribution in [3.05, 3.63) is 59.9 Å². The Morgan fingerprint density at radius 2 is 1.77 bits per heavy atom. The molecule has 2 aromatic rings. The third-order valence-corrected chi connectivity index (χ3v) is 5.47. The molecule has 0 bridgehead atoms. The van der Waals surface area contributed by atoms with Gasteiger partial charge < -0.3 is 14.5 Å². The monoisotopic (exact) mass is 374 g/mol. The Morgan fingerprint density at radius 3 is 2.42 bits per heavy atom. The van der Waals surface area contributed by atoms with Crippen molar-refractivity contribution in [1.82, 2.24) is 4.90 Å². The fourth-order valence-electron chi connectivity index (χ4n) is 2.97. The molecule has 3 rings (SSSR count). The summed E-state index contributed by atoms with van der Waals surface area (Å²) in [6.07, 6.45) is 0. The van der Waals surface area contributed by atoms with E-state index in [0.29, 0.717) is 37.6 Å². The molecular weight excluding hydrogens is 351 g/mol. The fourth-order valence-corrected chi connectivity index (χ4v) is 3.86. The summed E-state index contributed by atoms with van der Waals surface area (Å²) in [5.74, 6) is 2.04. The quantitative estimate of drug-likeness (QED) is 0.776. The van der Waals surface area contributed by atoms with E-state index < -0.39 is 0 Å². The van der Waals surface area contributed by atoms with E-state index >= 15 is 0 Å². The molecule has 0 aliphatic carbocycles. The van der Waals surface area contributed by atoms with Crippen LogP contribution in [-0.4, -0.2) is 49.8 Å². The highest BCUT2D eigenvalue weighted by molar-refractivity contribution is 7.99. The molecule has 1 aliphatic heterocycles. The first kappa shape index (κ1) is 18.6. The van der Waals surface area contributed by atoms with E-state index in [-0.39, 0.29) is 11.7 Å². The van der Waals surface area contributed by atoms with Gasteiger partial charge in [-0.25, -0.2) is 4.39 Å². The van der Waals surface area contributed by atoms with Gasteiger partial charge in [-0.05, 0) is 29.8 Å². The van der Waals surface area contributed by atoms with Crippen molar-refractivity contribution in [2.75, 3.05) is 43.9 Å². The Bertz CT molecular complexity index is 731. The van der Waals surface area contributed by atoms with E-state index in [1.807, 2.05) is 40.1 Å². The zero-order chi connectivity index (χ0) is 18.4. The number of amides is 1. The molecule has 0 saturated carbocycles. The lowest BCUT2D eigenvalue weighted by atomic mass is 10.2. The van der Waals surface area contributed by atoms with Gasteiger partial charge in [0.15, 0.2) is 0 Å². The Balaban J connectivity index is 1.43. The lowest BCUT2D eigenvalue weighted by Gasteiger charge is -2.36. The SMILES string of the molecule is COc1ccc(CSCC(=O)N2CCN(c3ccccc3F)CC2)cc1. The van der Waals surface area contributed by atoms with Gasteiger partial charge >= 0.3 is 0 Å². The molecule has 26 heavy (non-hydrogen) atoms. The van der Waals surface area contributed by atoms with Gasteiger partial charge in [-0.15, -0.1) is 11.8 Å². The number of ether oxygens (including phenoxy) is 1.